The van der Waals surface area contributed by atoms with Crippen LogP contribution in [-0.2, 0) is 4.79 Å². The van der Waals surface area contributed by atoms with Gasteiger partial charge >= 0.3 is 5.97 Å². The second-order valence-electron chi connectivity index (χ2n) is 6.50. The monoisotopic (exact) mass is 272 g/mol. The van der Waals surface area contributed by atoms with E-state index in [-0.39, 0.29) is 12.1 Å². The van der Waals surface area contributed by atoms with E-state index in [0.717, 1.165) is 12.8 Å². The second kappa shape index (κ2) is 6.20. The summed E-state index contributed by atoms with van der Waals surface area (Å²) in [5.74, 6) is -0.492. The molecule has 1 aliphatic rings. The summed E-state index contributed by atoms with van der Waals surface area (Å²) >= 11 is 0. The van der Waals surface area contributed by atoms with Gasteiger partial charge in [0.15, 0.2) is 5.60 Å². The molecule has 0 aromatic heterocycles. The van der Waals surface area contributed by atoms with Crippen LogP contribution in [0.5, 0.6) is 0 Å². The Labute approximate surface area is 116 Å². The Balaban J connectivity index is 2.58. The molecule has 0 spiro atoms. The Morgan fingerprint density at radius 2 is 2.16 bits per heavy atom. The SMILES string of the molecule is CC1CCCC(CNCC(C)(O)C(=O)O)(N(C)C)C1. The van der Waals surface area contributed by atoms with Crippen LogP contribution in [0, 0.1) is 5.92 Å². The molecule has 3 N–H and O–H groups in total. The first-order valence-corrected chi connectivity index (χ1v) is 7.03. The molecule has 0 amide bonds. The number of rotatable bonds is 6. The molecular formula is C14H28N2O3. The number of aliphatic carboxylic acids is 1. The fourth-order valence-electron chi connectivity index (χ4n) is 2.97. The van der Waals surface area contributed by atoms with Gasteiger partial charge in [0, 0.05) is 18.6 Å². The summed E-state index contributed by atoms with van der Waals surface area (Å²) in [6, 6.07) is 0. The van der Waals surface area contributed by atoms with Crippen LogP contribution in [0.3, 0.4) is 0 Å². The van der Waals surface area contributed by atoms with Crippen molar-refractivity contribution in [1.29, 1.82) is 0 Å². The molecule has 3 atom stereocenters. The van der Waals surface area contributed by atoms with Crippen LogP contribution in [-0.4, -0.2) is 59.4 Å². The predicted octanol–water partition coefficient (Wildman–Crippen LogP) is 0.922. The number of hydrogen-bond acceptors (Lipinski definition) is 4. The molecule has 0 heterocycles. The molecule has 5 heteroatoms. The minimum absolute atomic E-state index is 0.0756. The lowest BCUT2D eigenvalue weighted by Gasteiger charge is -2.45. The summed E-state index contributed by atoms with van der Waals surface area (Å²) in [6.45, 7) is 4.39. The maximum absolute atomic E-state index is 10.9. The van der Waals surface area contributed by atoms with Crippen LogP contribution < -0.4 is 5.32 Å². The first-order chi connectivity index (χ1) is 8.69. The van der Waals surface area contributed by atoms with E-state index < -0.39 is 11.6 Å². The molecule has 0 bridgehead atoms. The van der Waals surface area contributed by atoms with Crippen molar-refractivity contribution in [2.45, 2.75) is 50.7 Å². The zero-order chi connectivity index (χ0) is 14.7. The van der Waals surface area contributed by atoms with E-state index in [1.54, 1.807) is 0 Å². The lowest BCUT2D eigenvalue weighted by molar-refractivity contribution is -0.156. The van der Waals surface area contributed by atoms with Gasteiger partial charge in [-0.2, -0.15) is 0 Å². The lowest BCUT2D eigenvalue weighted by Crippen LogP contribution is -2.56. The molecule has 0 aromatic rings. The van der Waals surface area contributed by atoms with E-state index in [4.69, 9.17) is 5.11 Å². The van der Waals surface area contributed by atoms with Crippen LogP contribution in [0.4, 0.5) is 0 Å². The first kappa shape index (κ1) is 16.4. The highest BCUT2D eigenvalue weighted by Gasteiger charge is 2.37. The zero-order valence-electron chi connectivity index (χ0n) is 12.6. The molecule has 19 heavy (non-hydrogen) atoms. The third kappa shape index (κ3) is 4.16. The number of nitrogens with one attached hydrogen (secondary N) is 1. The number of nitrogens with zero attached hydrogens (tertiary/aromatic N) is 1. The highest BCUT2D eigenvalue weighted by atomic mass is 16.4. The topological polar surface area (TPSA) is 72.8 Å². The summed E-state index contributed by atoms with van der Waals surface area (Å²) in [5, 5.41) is 21.8. The van der Waals surface area contributed by atoms with Crippen LogP contribution >= 0.6 is 0 Å². The number of hydrogen-bond donors (Lipinski definition) is 3. The molecule has 1 aliphatic carbocycles. The molecule has 0 aromatic carbocycles. The molecular weight excluding hydrogens is 244 g/mol. The molecule has 3 unspecified atom stereocenters. The molecule has 1 saturated carbocycles. The standard InChI is InChI=1S/C14H28N2O3/c1-11-6-5-7-14(8-11,16(3)4)10-15-9-13(2,19)12(17)18/h11,15,19H,5-10H2,1-4H3,(H,17,18). The van der Waals surface area contributed by atoms with Crippen LogP contribution in [0.2, 0.25) is 0 Å². The van der Waals surface area contributed by atoms with Crippen molar-refractivity contribution in [3.8, 4) is 0 Å². The van der Waals surface area contributed by atoms with Crippen LogP contribution in [0.25, 0.3) is 0 Å². The minimum atomic E-state index is -1.70. The van der Waals surface area contributed by atoms with Gasteiger partial charge in [-0.3, -0.25) is 0 Å². The van der Waals surface area contributed by atoms with Crippen molar-refractivity contribution in [3.05, 3.63) is 0 Å². The number of carboxylic acids is 1. The van der Waals surface area contributed by atoms with Crippen LogP contribution in [0.15, 0.2) is 0 Å². The molecule has 1 rings (SSSR count). The van der Waals surface area contributed by atoms with E-state index in [9.17, 15) is 9.90 Å². The van der Waals surface area contributed by atoms with E-state index in [1.807, 2.05) is 0 Å². The second-order valence-corrected chi connectivity index (χ2v) is 6.50. The van der Waals surface area contributed by atoms with Crippen molar-refractivity contribution in [2.24, 2.45) is 5.92 Å². The molecule has 0 saturated heterocycles. The van der Waals surface area contributed by atoms with Gasteiger partial charge in [0.2, 0.25) is 0 Å². The average molecular weight is 272 g/mol. The summed E-state index contributed by atoms with van der Waals surface area (Å²) in [5.41, 5.74) is -1.62. The lowest BCUT2D eigenvalue weighted by atomic mass is 9.75. The van der Waals surface area contributed by atoms with E-state index in [0.29, 0.717) is 12.5 Å². The molecule has 112 valence electrons. The largest absolute Gasteiger partial charge is 0.479 e. The number of carbonyl (C=O) groups is 1. The van der Waals surface area contributed by atoms with Gasteiger partial charge in [-0.1, -0.05) is 19.8 Å². The van der Waals surface area contributed by atoms with Crippen molar-refractivity contribution in [2.75, 3.05) is 27.2 Å². The zero-order valence-corrected chi connectivity index (χ0v) is 12.6. The quantitative estimate of drug-likeness (QED) is 0.670. The van der Waals surface area contributed by atoms with Gasteiger partial charge in [-0.15, -0.1) is 0 Å². The number of likely N-dealkylation sites (N-methyl/N-ethyl adjacent to an activating group) is 1. The average Bonchev–Trinajstić information content (AvgIpc) is 2.28. The highest BCUT2D eigenvalue weighted by molar-refractivity contribution is 5.76. The third-order valence-electron chi connectivity index (χ3n) is 4.40. The normalized spacial score (nSPS) is 31.2. The highest BCUT2D eigenvalue weighted by Crippen LogP contribution is 2.35. The first-order valence-electron chi connectivity index (χ1n) is 7.03. The molecule has 0 radical (unpaired) electrons. The Kier molecular flexibility index (Phi) is 5.35. The summed E-state index contributed by atoms with van der Waals surface area (Å²) in [7, 11) is 4.16. The Hall–Kier alpha value is -0.650. The van der Waals surface area contributed by atoms with Gasteiger partial charge in [0.05, 0.1) is 0 Å². The van der Waals surface area contributed by atoms with Gasteiger partial charge in [-0.05, 0) is 39.8 Å². The third-order valence-corrected chi connectivity index (χ3v) is 4.40. The number of carboxylic acid groups (broad SMARTS) is 1. The van der Waals surface area contributed by atoms with Crippen molar-refractivity contribution in [3.63, 3.8) is 0 Å². The van der Waals surface area contributed by atoms with E-state index in [2.05, 4.69) is 31.2 Å². The Morgan fingerprint density at radius 3 is 2.63 bits per heavy atom. The van der Waals surface area contributed by atoms with Crippen molar-refractivity contribution in [1.82, 2.24) is 10.2 Å². The Bertz CT molecular complexity index is 318. The smallest absolute Gasteiger partial charge is 0.336 e. The fraction of sp³-hybridized carbons (Fsp3) is 0.929. The minimum Gasteiger partial charge on any atom is -0.479 e. The van der Waals surface area contributed by atoms with Gasteiger partial charge in [-0.25, -0.2) is 4.79 Å². The molecule has 1 fully saturated rings. The number of aliphatic hydroxyl groups is 1. The van der Waals surface area contributed by atoms with Crippen molar-refractivity contribution < 1.29 is 15.0 Å². The van der Waals surface area contributed by atoms with Crippen LogP contribution in [0.1, 0.15) is 39.5 Å². The maximum Gasteiger partial charge on any atom is 0.336 e. The Morgan fingerprint density at radius 1 is 1.53 bits per heavy atom. The van der Waals surface area contributed by atoms with Gasteiger partial charge < -0.3 is 20.4 Å². The fourth-order valence-corrected chi connectivity index (χ4v) is 2.97. The maximum atomic E-state index is 10.9. The van der Waals surface area contributed by atoms with E-state index >= 15 is 0 Å². The summed E-state index contributed by atoms with van der Waals surface area (Å²) < 4.78 is 0. The molecule has 5 nitrogen and oxygen atoms in total. The summed E-state index contributed by atoms with van der Waals surface area (Å²) in [4.78, 5) is 13.1. The van der Waals surface area contributed by atoms with E-state index in [1.165, 1.54) is 19.8 Å². The van der Waals surface area contributed by atoms with Gasteiger partial charge in [0.25, 0.3) is 0 Å². The molecule has 0 aliphatic heterocycles. The summed E-state index contributed by atoms with van der Waals surface area (Å²) in [6.07, 6.45) is 4.70. The predicted molar refractivity (Wildman–Crippen MR) is 75.2 cm³/mol. The van der Waals surface area contributed by atoms with Gasteiger partial charge in [0.1, 0.15) is 0 Å². The van der Waals surface area contributed by atoms with Crippen molar-refractivity contribution >= 4 is 5.97 Å².